The summed E-state index contributed by atoms with van der Waals surface area (Å²) in [6.45, 7) is 0. The highest BCUT2D eigenvalue weighted by Crippen LogP contribution is 1.59. The quantitative estimate of drug-likeness (QED) is 0.285. The Morgan fingerprint density at radius 3 is 2.50 bits per heavy atom. The van der Waals surface area contributed by atoms with Crippen LogP contribution in [0.4, 0.5) is 0 Å². The molecule has 0 heterocycles. The molecule has 0 aliphatic carbocycles. The van der Waals surface area contributed by atoms with Gasteiger partial charge in [-0.1, -0.05) is 0 Å². The summed E-state index contributed by atoms with van der Waals surface area (Å²) in [5, 5.41) is 0. The molecule has 0 aromatic heterocycles. The summed E-state index contributed by atoms with van der Waals surface area (Å²) >= 11 is 3.67. The highest BCUT2D eigenvalue weighted by Gasteiger charge is 1.49. The number of hydrogen-bond acceptors (Lipinski definition) is 1. The van der Waals surface area contributed by atoms with Gasteiger partial charge in [-0.15, -0.1) is 12.6 Å². The van der Waals surface area contributed by atoms with Crippen LogP contribution in [-0.4, -0.2) is 18.9 Å². The van der Waals surface area contributed by atoms with Gasteiger partial charge in [-0.05, 0) is 0 Å². The van der Waals surface area contributed by atoms with Gasteiger partial charge in [0.15, 0.2) is 0 Å². The van der Waals surface area contributed by atoms with E-state index in [1.54, 1.807) is 7.05 Å². The van der Waals surface area contributed by atoms with Crippen LogP contribution in [-0.2, 0) is 0 Å². The van der Waals surface area contributed by atoms with Gasteiger partial charge in [0.1, 0.15) is 6.34 Å². The number of hydrogen-bond donors (Lipinski definition) is 1. The third-order valence-electron chi connectivity index (χ3n) is 0.249. The van der Waals surface area contributed by atoms with E-state index in [-0.39, 0.29) is 0 Å². The minimum atomic E-state index is 1.38. The maximum Gasteiger partial charge on any atom is 0.110 e. The molecule has 0 aliphatic rings. The van der Waals surface area contributed by atoms with Crippen LogP contribution in [0.5, 0.6) is 0 Å². The third kappa shape index (κ3) is 3.69. The summed E-state index contributed by atoms with van der Waals surface area (Å²) in [5.74, 6) is 0. The van der Waals surface area contributed by atoms with Crippen LogP contribution >= 0.6 is 12.6 Å². The highest BCUT2D eigenvalue weighted by molar-refractivity contribution is 7.94. The Hall–Kier alpha value is -0.310. The monoisotopic (exact) mass is 102 g/mol. The first kappa shape index (κ1) is 5.69. The standard InChI is InChI=1S/C3H6N2S/c1-4-2-5-3-6/h2-3H,1H3,(H,4,5,6). The third-order valence-corrected chi connectivity index (χ3v) is 0.382. The van der Waals surface area contributed by atoms with Crippen molar-refractivity contribution in [3.63, 3.8) is 0 Å². The SMILES string of the molecule is C/N=C\N=C/S. The lowest BCUT2D eigenvalue weighted by Crippen LogP contribution is -1.59. The molecule has 2 nitrogen and oxygen atoms in total. The average Bonchev–Trinajstić information content (AvgIpc) is 1.61. The predicted octanol–water partition coefficient (Wildman–Crippen LogP) is 0.603. The van der Waals surface area contributed by atoms with Crippen LogP contribution in [0.1, 0.15) is 0 Å². The van der Waals surface area contributed by atoms with Gasteiger partial charge in [0, 0.05) is 7.05 Å². The van der Waals surface area contributed by atoms with Gasteiger partial charge in [0.25, 0.3) is 0 Å². The fourth-order valence-electron chi connectivity index (χ4n) is 0.0965. The molecule has 0 fully saturated rings. The molecule has 0 N–H and O–H groups in total. The van der Waals surface area contributed by atoms with Crippen molar-refractivity contribution in [3.05, 3.63) is 0 Å². The predicted molar refractivity (Wildman–Crippen MR) is 31.9 cm³/mol. The Morgan fingerprint density at radius 2 is 2.33 bits per heavy atom. The Bertz CT molecular complexity index is 57.2. The van der Waals surface area contributed by atoms with Crippen molar-refractivity contribution in [2.24, 2.45) is 9.98 Å². The van der Waals surface area contributed by atoms with Crippen molar-refractivity contribution < 1.29 is 0 Å². The summed E-state index contributed by atoms with van der Waals surface area (Å²) in [5.41, 5.74) is 1.38. The highest BCUT2D eigenvalue weighted by atomic mass is 32.1. The van der Waals surface area contributed by atoms with E-state index in [0.29, 0.717) is 0 Å². The molecule has 0 saturated heterocycles. The van der Waals surface area contributed by atoms with Gasteiger partial charge < -0.3 is 0 Å². The van der Waals surface area contributed by atoms with E-state index in [4.69, 9.17) is 0 Å². The van der Waals surface area contributed by atoms with Gasteiger partial charge in [-0.25, -0.2) is 4.99 Å². The van der Waals surface area contributed by atoms with Gasteiger partial charge in [0.05, 0.1) is 5.55 Å². The van der Waals surface area contributed by atoms with Gasteiger partial charge in [-0.3, -0.25) is 4.99 Å². The molecule has 0 spiro atoms. The van der Waals surface area contributed by atoms with E-state index in [1.807, 2.05) is 0 Å². The van der Waals surface area contributed by atoms with Crippen molar-refractivity contribution in [1.29, 1.82) is 0 Å². The first-order valence-corrected chi connectivity index (χ1v) is 2.00. The Labute approximate surface area is 42.4 Å². The number of thiol groups is 1. The minimum absolute atomic E-state index is 1.38. The van der Waals surface area contributed by atoms with E-state index in [2.05, 4.69) is 22.6 Å². The van der Waals surface area contributed by atoms with E-state index >= 15 is 0 Å². The van der Waals surface area contributed by atoms with Gasteiger partial charge in [-0.2, -0.15) is 0 Å². The van der Waals surface area contributed by atoms with Crippen molar-refractivity contribution in [2.45, 2.75) is 0 Å². The van der Waals surface area contributed by atoms with E-state index < -0.39 is 0 Å². The molecule has 0 aromatic rings. The zero-order valence-corrected chi connectivity index (χ0v) is 4.39. The van der Waals surface area contributed by atoms with Crippen LogP contribution in [0, 0.1) is 0 Å². The smallest absolute Gasteiger partial charge is 0.110 e. The summed E-state index contributed by atoms with van der Waals surface area (Å²) in [4.78, 5) is 7.09. The molecule has 34 valence electrons. The fraction of sp³-hybridized carbons (Fsp3) is 0.333. The second-order valence-corrected chi connectivity index (χ2v) is 0.869. The largest absolute Gasteiger partial charge is 0.277 e. The Morgan fingerprint density at radius 1 is 1.67 bits per heavy atom. The topological polar surface area (TPSA) is 24.7 Å². The molecule has 0 rings (SSSR count). The summed E-state index contributed by atoms with van der Waals surface area (Å²) < 4.78 is 0. The molecule has 6 heavy (non-hydrogen) atoms. The molecule has 0 atom stereocenters. The molecular formula is C3H6N2S. The second kappa shape index (κ2) is 4.69. The normalized spacial score (nSPS) is 11.7. The first-order chi connectivity index (χ1) is 2.91. The van der Waals surface area contributed by atoms with Crippen LogP contribution in [0.15, 0.2) is 9.98 Å². The molecule has 0 unspecified atom stereocenters. The van der Waals surface area contributed by atoms with Crippen molar-refractivity contribution in [3.8, 4) is 0 Å². The van der Waals surface area contributed by atoms with Crippen LogP contribution in [0.3, 0.4) is 0 Å². The molecule has 0 bridgehead atoms. The zero-order chi connectivity index (χ0) is 4.83. The molecule has 3 heteroatoms. The summed E-state index contributed by atoms with van der Waals surface area (Å²) in [6.07, 6.45) is 1.42. The number of rotatable bonds is 1. The molecular weight excluding hydrogens is 96.1 g/mol. The number of nitrogens with zero attached hydrogens (tertiary/aromatic N) is 2. The van der Waals surface area contributed by atoms with Crippen LogP contribution < -0.4 is 0 Å². The lowest BCUT2D eigenvalue weighted by atomic mass is 11.2. The lowest BCUT2D eigenvalue weighted by molar-refractivity contribution is 1.45. The Balaban J connectivity index is 3.07. The van der Waals surface area contributed by atoms with Crippen molar-refractivity contribution >= 4 is 24.5 Å². The van der Waals surface area contributed by atoms with Gasteiger partial charge in [0.2, 0.25) is 0 Å². The fourth-order valence-corrected chi connectivity index (χ4v) is 0.156. The van der Waals surface area contributed by atoms with Crippen LogP contribution in [0.2, 0.25) is 0 Å². The minimum Gasteiger partial charge on any atom is -0.277 e. The molecule has 0 saturated carbocycles. The maximum absolute atomic E-state index is 3.67. The van der Waals surface area contributed by atoms with Crippen molar-refractivity contribution in [2.75, 3.05) is 7.05 Å². The number of aliphatic imine (C=N–C) groups is 2. The van der Waals surface area contributed by atoms with E-state index in [1.165, 1.54) is 11.9 Å². The van der Waals surface area contributed by atoms with E-state index in [9.17, 15) is 0 Å². The second-order valence-electron chi connectivity index (χ2n) is 0.638. The molecule has 0 aromatic carbocycles. The molecule has 0 amide bonds. The maximum atomic E-state index is 3.67. The van der Waals surface area contributed by atoms with E-state index in [0.717, 1.165) is 0 Å². The first-order valence-electron chi connectivity index (χ1n) is 1.48. The summed E-state index contributed by atoms with van der Waals surface area (Å²) in [7, 11) is 1.65. The molecule has 0 radical (unpaired) electrons. The Kier molecular flexibility index (Phi) is 4.45. The zero-order valence-electron chi connectivity index (χ0n) is 3.50. The van der Waals surface area contributed by atoms with Gasteiger partial charge >= 0.3 is 0 Å². The van der Waals surface area contributed by atoms with Crippen LogP contribution in [0.25, 0.3) is 0 Å². The van der Waals surface area contributed by atoms with Crippen molar-refractivity contribution in [1.82, 2.24) is 0 Å². The average molecular weight is 102 g/mol. The molecule has 0 aliphatic heterocycles. The lowest BCUT2D eigenvalue weighted by Gasteiger charge is -1.64. The summed E-state index contributed by atoms with van der Waals surface area (Å²) in [6, 6.07) is 0.